The lowest BCUT2D eigenvalue weighted by atomic mass is 10.3. The number of hydrogen-bond donors (Lipinski definition) is 1. The molecule has 1 atom stereocenters. The first-order valence-corrected chi connectivity index (χ1v) is 5.35. The van der Waals surface area contributed by atoms with Crippen molar-refractivity contribution in [3.8, 4) is 0 Å². The van der Waals surface area contributed by atoms with Crippen molar-refractivity contribution >= 4 is 5.91 Å². The summed E-state index contributed by atoms with van der Waals surface area (Å²) in [5, 5.41) is 0. The molecule has 0 radical (unpaired) electrons. The smallest absolute Gasteiger partial charge is 0.289 e. The number of hydrogen-bond acceptors (Lipinski definition) is 4. The highest BCUT2D eigenvalue weighted by molar-refractivity contribution is 5.91. The van der Waals surface area contributed by atoms with E-state index in [9.17, 15) is 4.79 Å². The molecule has 0 aromatic carbocycles. The minimum absolute atomic E-state index is 0.0840. The predicted molar refractivity (Wildman–Crippen MR) is 57.9 cm³/mol. The van der Waals surface area contributed by atoms with Gasteiger partial charge in [0.1, 0.15) is 5.76 Å². The Hall–Kier alpha value is -1.33. The van der Waals surface area contributed by atoms with Crippen LogP contribution in [0.3, 0.4) is 0 Å². The molecule has 1 amide bonds. The van der Waals surface area contributed by atoms with Gasteiger partial charge in [0, 0.05) is 20.2 Å². The van der Waals surface area contributed by atoms with Crippen LogP contribution in [-0.4, -0.2) is 37.1 Å². The zero-order valence-electron chi connectivity index (χ0n) is 9.31. The van der Waals surface area contributed by atoms with Gasteiger partial charge in [-0.05, 0) is 18.6 Å². The zero-order chi connectivity index (χ0) is 11.5. The summed E-state index contributed by atoms with van der Waals surface area (Å²) >= 11 is 0. The highest BCUT2D eigenvalue weighted by Gasteiger charge is 2.28. The molecule has 1 aliphatic rings. The molecule has 1 unspecified atom stereocenters. The van der Waals surface area contributed by atoms with E-state index >= 15 is 0 Å². The highest BCUT2D eigenvalue weighted by Crippen LogP contribution is 2.16. The molecule has 0 bridgehead atoms. The maximum atomic E-state index is 12.0. The van der Waals surface area contributed by atoms with Gasteiger partial charge in [0.15, 0.2) is 5.76 Å². The quantitative estimate of drug-likeness (QED) is 0.816. The highest BCUT2D eigenvalue weighted by atomic mass is 16.5. The first kappa shape index (κ1) is 11.2. The summed E-state index contributed by atoms with van der Waals surface area (Å²) in [7, 11) is 1.66. The van der Waals surface area contributed by atoms with Crippen LogP contribution in [0.5, 0.6) is 0 Å². The Kier molecular flexibility index (Phi) is 3.26. The molecule has 5 nitrogen and oxygen atoms in total. The van der Waals surface area contributed by atoms with E-state index in [0.717, 1.165) is 13.0 Å². The summed E-state index contributed by atoms with van der Waals surface area (Å²) in [4.78, 5) is 13.7. The number of likely N-dealkylation sites (tertiary alicyclic amines) is 1. The third-order valence-electron chi connectivity index (χ3n) is 2.84. The van der Waals surface area contributed by atoms with Crippen LogP contribution in [0, 0.1) is 0 Å². The van der Waals surface area contributed by atoms with Gasteiger partial charge in [-0.15, -0.1) is 0 Å². The van der Waals surface area contributed by atoms with Crippen molar-refractivity contribution in [3.05, 3.63) is 23.7 Å². The van der Waals surface area contributed by atoms with Crippen LogP contribution >= 0.6 is 0 Å². The van der Waals surface area contributed by atoms with Crippen LogP contribution in [0.2, 0.25) is 0 Å². The molecule has 1 fully saturated rings. The largest absolute Gasteiger partial charge is 0.455 e. The molecule has 1 aliphatic heterocycles. The van der Waals surface area contributed by atoms with Crippen molar-refractivity contribution < 1.29 is 13.9 Å². The minimum atomic E-state index is -0.0840. The van der Waals surface area contributed by atoms with E-state index in [-0.39, 0.29) is 12.0 Å². The lowest BCUT2D eigenvalue weighted by Crippen LogP contribution is -2.29. The van der Waals surface area contributed by atoms with Gasteiger partial charge in [-0.2, -0.15) is 0 Å². The van der Waals surface area contributed by atoms with E-state index in [0.29, 0.717) is 24.6 Å². The number of methoxy groups -OCH3 is 1. The van der Waals surface area contributed by atoms with Crippen molar-refractivity contribution in [2.45, 2.75) is 19.1 Å². The van der Waals surface area contributed by atoms with Gasteiger partial charge < -0.3 is 19.8 Å². The topological polar surface area (TPSA) is 68.7 Å². The van der Waals surface area contributed by atoms with Gasteiger partial charge in [0.05, 0.1) is 12.6 Å². The number of amides is 1. The van der Waals surface area contributed by atoms with E-state index in [2.05, 4.69) is 0 Å². The maximum Gasteiger partial charge on any atom is 0.289 e. The SMILES string of the molecule is COC1CCN(C(=O)c2ccc(CN)o2)C1. The first-order chi connectivity index (χ1) is 7.74. The molecule has 0 spiro atoms. The summed E-state index contributed by atoms with van der Waals surface area (Å²) in [5.41, 5.74) is 5.42. The fraction of sp³-hybridized carbons (Fsp3) is 0.545. The number of carbonyl (C=O) groups excluding carboxylic acids is 1. The fourth-order valence-corrected chi connectivity index (χ4v) is 1.86. The Morgan fingerprint density at radius 1 is 1.69 bits per heavy atom. The van der Waals surface area contributed by atoms with Crippen LogP contribution in [0.1, 0.15) is 22.7 Å². The third kappa shape index (κ3) is 2.10. The molecule has 5 heteroatoms. The van der Waals surface area contributed by atoms with Crippen LogP contribution in [0.15, 0.2) is 16.5 Å². The van der Waals surface area contributed by atoms with E-state index in [4.69, 9.17) is 14.9 Å². The van der Waals surface area contributed by atoms with Crippen LogP contribution in [0.4, 0.5) is 0 Å². The Morgan fingerprint density at radius 2 is 2.50 bits per heavy atom. The van der Waals surface area contributed by atoms with E-state index in [1.54, 1.807) is 24.1 Å². The number of carbonyl (C=O) groups is 1. The number of rotatable bonds is 3. The minimum Gasteiger partial charge on any atom is -0.455 e. The standard InChI is InChI=1S/C11H16N2O3/c1-15-9-4-5-13(7-9)11(14)10-3-2-8(6-12)16-10/h2-3,9H,4-7,12H2,1H3. The third-order valence-corrected chi connectivity index (χ3v) is 2.84. The molecular weight excluding hydrogens is 208 g/mol. The second kappa shape index (κ2) is 4.67. The normalized spacial score (nSPS) is 20.4. The molecule has 1 aromatic rings. The average Bonchev–Trinajstić information content (AvgIpc) is 2.97. The molecular formula is C11H16N2O3. The number of nitrogens with zero attached hydrogens (tertiary/aromatic N) is 1. The van der Waals surface area contributed by atoms with Crippen molar-refractivity contribution in [2.24, 2.45) is 5.73 Å². The van der Waals surface area contributed by atoms with Gasteiger partial charge in [-0.25, -0.2) is 0 Å². The van der Waals surface area contributed by atoms with E-state index in [1.165, 1.54) is 0 Å². The molecule has 2 N–H and O–H groups in total. The van der Waals surface area contributed by atoms with Crippen LogP contribution in [-0.2, 0) is 11.3 Å². The van der Waals surface area contributed by atoms with Gasteiger partial charge in [0.2, 0.25) is 0 Å². The molecule has 1 saturated heterocycles. The van der Waals surface area contributed by atoms with Crippen LogP contribution < -0.4 is 5.73 Å². The average molecular weight is 224 g/mol. The monoisotopic (exact) mass is 224 g/mol. The van der Waals surface area contributed by atoms with Gasteiger partial charge in [-0.3, -0.25) is 4.79 Å². The number of furan rings is 1. The van der Waals surface area contributed by atoms with Crippen LogP contribution in [0.25, 0.3) is 0 Å². The lowest BCUT2D eigenvalue weighted by molar-refractivity contribution is 0.0694. The fourth-order valence-electron chi connectivity index (χ4n) is 1.86. The molecule has 16 heavy (non-hydrogen) atoms. The Bertz CT molecular complexity index is 375. The Labute approximate surface area is 94.1 Å². The maximum absolute atomic E-state index is 12.0. The second-order valence-electron chi connectivity index (χ2n) is 3.87. The molecule has 0 aliphatic carbocycles. The summed E-state index contributed by atoms with van der Waals surface area (Å²) < 4.78 is 10.5. The molecule has 2 heterocycles. The number of nitrogens with two attached hydrogens (primary N) is 1. The first-order valence-electron chi connectivity index (χ1n) is 5.35. The summed E-state index contributed by atoms with van der Waals surface area (Å²) in [6.45, 7) is 1.66. The summed E-state index contributed by atoms with van der Waals surface area (Å²) in [5.74, 6) is 0.905. The van der Waals surface area contributed by atoms with Gasteiger partial charge >= 0.3 is 0 Å². The Morgan fingerprint density at radius 3 is 3.06 bits per heavy atom. The second-order valence-corrected chi connectivity index (χ2v) is 3.87. The van der Waals surface area contributed by atoms with Crippen molar-refractivity contribution in [1.29, 1.82) is 0 Å². The van der Waals surface area contributed by atoms with Gasteiger partial charge in [-0.1, -0.05) is 0 Å². The number of ether oxygens (including phenoxy) is 1. The van der Waals surface area contributed by atoms with Crippen molar-refractivity contribution in [2.75, 3.05) is 20.2 Å². The molecule has 0 saturated carbocycles. The van der Waals surface area contributed by atoms with Gasteiger partial charge in [0.25, 0.3) is 5.91 Å². The Balaban J connectivity index is 2.02. The zero-order valence-corrected chi connectivity index (χ0v) is 9.31. The predicted octanol–water partition coefficient (Wildman–Crippen LogP) is 0.599. The summed E-state index contributed by atoms with van der Waals surface area (Å²) in [6.07, 6.45) is 1.03. The van der Waals surface area contributed by atoms with E-state index < -0.39 is 0 Å². The van der Waals surface area contributed by atoms with Crippen molar-refractivity contribution in [1.82, 2.24) is 4.90 Å². The molecule has 88 valence electrons. The molecule has 2 rings (SSSR count). The van der Waals surface area contributed by atoms with Crippen molar-refractivity contribution in [3.63, 3.8) is 0 Å². The molecule has 1 aromatic heterocycles. The lowest BCUT2D eigenvalue weighted by Gasteiger charge is -2.14. The van der Waals surface area contributed by atoms with E-state index in [1.807, 2.05) is 0 Å². The summed E-state index contributed by atoms with van der Waals surface area (Å²) in [6, 6.07) is 3.40.